The van der Waals surface area contributed by atoms with Crippen molar-refractivity contribution in [3.63, 3.8) is 0 Å². The van der Waals surface area contributed by atoms with E-state index in [2.05, 4.69) is 18.8 Å². The first-order valence-electron chi connectivity index (χ1n) is 5.79. The first-order valence-corrected chi connectivity index (χ1v) is 5.79. The molecular formula is C12H20N2O. The first-order chi connectivity index (χ1) is 7.13. The molecule has 2 N–H and O–H groups in total. The summed E-state index contributed by atoms with van der Waals surface area (Å²) in [5, 5.41) is 0. The SMILES string of the molecule is CC(C)(CN)c1coc(C2CCCC2)n1. The topological polar surface area (TPSA) is 52.0 Å². The van der Waals surface area contributed by atoms with Gasteiger partial charge in [0.2, 0.25) is 0 Å². The molecule has 1 aromatic rings. The fraction of sp³-hybridized carbons (Fsp3) is 0.750. The summed E-state index contributed by atoms with van der Waals surface area (Å²) in [5.41, 5.74) is 6.64. The maximum absolute atomic E-state index is 5.72. The summed E-state index contributed by atoms with van der Waals surface area (Å²) in [5.74, 6) is 1.47. The van der Waals surface area contributed by atoms with Crippen molar-refractivity contribution in [3.05, 3.63) is 17.8 Å². The van der Waals surface area contributed by atoms with Crippen LogP contribution in [0.25, 0.3) is 0 Å². The third-order valence-electron chi connectivity index (χ3n) is 3.43. The summed E-state index contributed by atoms with van der Waals surface area (Å²) in [7, 11) is 0. The molecule has 0 radical (unpaired) electrons. The van der Waals surface area contributed by atoms with E-state index in [1.54, 1.807) is 6.26 Å². The Balaban J connectivity index is 2.16. The lowest BCUT2D eigenvalue weighted by molar-refractivity contribution is 0.447. The molecule has 1 aromatic heterocycles. The molecular weight excluding hydrogens is 188 g/mol. The van der Waals surface area contributed by atoms with Crippen LogP contribution in [0.5, 0.6) is 0 Å². The van der Waals surface area contributed by atoms with E-state index >= 15 is 0 Å². The van der Waals surface area contributed by atoms with Gasteiger partial charge < -0.3 is 10.2 Å². The maximum atomic E-state index is 5.72. The van der Waals surface area contributed by atoms with Gasteiger partial charge in [-0.25, -0.2) is 4.98 Å². The Morgan fingerprint density at radius 2 is 2.13 bits per heavy atom. The number of nitrogens with two attached hydrogens (primary N) is 1. The van der Waals surface area contributed by atoms with Gasteiger partial charge in [-0.2, -0.15) is 0 Å². The Labute approximate surface area is 91.1 Å². The Morgan fingerprint density at radius 3 is 2.73 bits per heavy atom. The van der Waals surface area contributed by atoms with E-state index in [9.17, 15) is 0 Å². The fourth-order valence-electron chi connectivity index (χ4n) is 2.06. The van der Waals surface area contributed by atoms with E-state index in [-0.39, 0.29) is 5.41 Å². The molecule has 2 rings (SSSR count). The molecule has 0 saturated heterocycles. The standard InChI is InChI=1S/C12H20N2O/c1-12(2,8-13)10-7-15-11(14-10)9-5-3-4-6-9/h7,9H,3-6,8,13H2,1-2H3. The minimum Gasteiger partial charge on any atom is -0.448 e. The van der Waals surface area contributed by atoms with Gasteiger partial charge in [-0.1, -0.05) is 26.7 Å². The number of rotatable bonds is 3. The van der Waals surface area contributed by atoms with Crippen molar-refractivity contribution in [1.82, 2.24) is 4.98 Å². The van der Waals surface area contributed by atoms with E-state index < -0.39 is 0 Å². The van der Waals surface area contributed by atoms with E-state index in [1.165, 1.54) is 25.7 Å². The van der Waals surface area contributed by atoms with Gasteiger partial charge in [0.15, 0.2) is 5.89 Å². The molecule has 0 amide bonds. The van der Waals surface area contributed by atoms with Gasteiger partial charge in [0.05, 0.1) is 5.69 Å². The summed E-state index contributed by atoms with van der Waals surface area (Å²) >= 11 is 0. The summed E-state index contributed by atoms with van der Waals surface area (Å²) < 4.78 is 5.57. The number of hydrogen-bond acceptors (Lipinski definition) is 3. The van der Waals surface area contributed by atoms with E-state index in [1.807, 2.05) is 0 Å². The number of oxazole rings is 1. The van der Waals surface area contributed by atoms with Crippen molar-refractivity contribution >= 4 is 0 Å². The third-order valence-corrected chi connectivity index (χ3v) is 3.43. The molecule has 3 nitrogen and oxygen atoms in total. The van der Waals surface area contributed by atoms with Crippen molar-refractivity contribution < 1.29 is 4.42 Å². The molecule has 15 heavy (non-hydrogen) atoms. The molecule has 84 valence electrons. The largest absolute Gasteiger partial charge is 0.448 e. The smallest absolute Gasteiger partial charge is 0.197 e. The van der Waals surface area contributed by atoms with Crippen molar-refractivity contribution in [2.24, 2.45) is 5.73 Å². The maximum Gasteiger partial charge on any atom is 0.197 e. The zero-order chi connectivity index (χ0) is 10.9. The van der Waals surface area contributed by atoms with Gasteiger partial charge in [0, 0.05) is 17.9 Å². The van der Waals surface area contributed by atoms with Crippen LogP contribution in [0.4, 0.5) is 0 Å². The van der Waals surface area contributed by atoms with Crippen LogP contribution in [-0.2, 0) is 5.41 Å². The van der Waals surface area contributed by atoms with E-state index in [4.69, 9.17) is 10.2 Å². The van der Waals surface area contributed by atoms with Crippen LogP contribution in [-0.4, -0.2) is 11.5 Å². The Morgan fingerprint density at radius 1 is 1.47 bits per heavy atom. The Kier molecular flexibility index (Phi) is 2.83. The minimum absolute atomic E-state index is 0.0691. The molecule has 1 fully saturated rings. The van der Waals surface area contributed by atoms with Crippen LogP contribution in [0, 0.1) is 0 Å². The van der Waals surface area contributed by atoms with Crippen molar-refractivity contribution in [1.29, 1.82) is 0 Å². The highest BCUT2D eigenvalue weighted by Crippen LogP contribution is 2.34. The van der Waals surface area contributed by atoms with Crippen molar-refractivity contribution in [3.8, 4) is 0 Å². The van der Waals surface area contributed by atoms with Crippen LogP contribution < -0.4 is 5.73 Å². The average Bonchev–Trinajstić information content (AvgIpc) is 2.88. The third kappa shape index (κ3) is 2.07. The molecule has 0 unspecified atom stereocenters. The fourth-order valence-corrected chi connectivity index (χ4v) is 2.06. The highest BCUT2D eigenvalue weighted by molar-refractivity contribution is 5.12. The van der Waals surface area contributed by atoms with Crippen molar-refractivity contribution in [2.45, 2.75) is 50.9 Å². The summed E-state index contributed by atoms with van der Waals surface area (Å²) in [6, 6.07) is 0. The number of hydrogen-bond donors (Lipinski definition) is 1. The van der Waals surface area contributed by atoms with Crippen LogP contribution in [0.3, 0.4) is 0 Å². The molecule has 0 bridgehead atoms. The highest BCUT2D eigenvalue weighted by Gasteiger charge is 2.26. The molecule has 1 heterocycles. The average molecular weight is 208 g/mol. The zero-order valence-corrected chi connectivity index (χ0v) is 9.62. The molecule has 0 aromatic carbocycles. The van der Waals surface area contributed by atoms with E-state index in [0.29, 0.717) is 12.5 Å². The second-order valence-electron chi connectivity index (χ2n) is 5.14. The molecule has 3 heteroatoms. The van der Waals surface area contributed by atoms with Crippen molar-refractivity contribution in [2.75, 3.05) is 6.54 Å². The molecule has 1 saturated carbocycles. The Bertz CT molecular complexity index is 324. The molecule has 1 aliphatic rings. The van der Waals surface area contributed by atoms with Gasteiger partial charge in [-0.05, 0) is 12.8 Å². The van der Waals surface area contributed by atoms with Gasteiger partial charge in [-0.15, -0.1) is 0 Å². The second-order valence-corrected chi connectivity index (χ2v) is 5.14. The first kappa shape index (κ1) is 10.7. The molecule has 1 aliphatic carbocycles. The predicted octanol–water partition coefficient (Wildman–Crippen LogP) is 2.57. The van der Waals surface area contributed by atoms with Crippen LogP contribution in [0.15, 0.2) is 10.7 Å². The Hall–Kier alpha value is -0.830. The quantitative estimate of drug-likeness (QED) is 0.830. The highest BCUT2D eigenvalue weighted by atomic mass is 16.3. The molecule has 0 aliphatic heterocycles. The lowest BCUT2D eigenvalue weighted by Crippen LogP contribution is -2.28. The van der Waals surface area contributed by atoms with Gasteiger partial charge in [0.25, 0.3) is 0 Å². The lowest BCUT2D eigenvalue weighted by Gasteiger charge is -2.18. The predicted molar refractivity (Wildman–Crippen MR) is 59.8 cm³/mol. The van der Waals surface area contributed by atoms with Crippen LogP contribution in [0.1, 0.15) is 57.0 Å². The minimum atomic E-state index is -0.0691. The molecule has 0 atom stereocenters. The monoisotopic (exact) mass is 208 g/mol. The van der Waals surface area contributed by atoms with Gasteiger partial charge in [-0.3, -0.25) is 0 Å². The summed E-state index contributed by atoms with van der Waals surface area (Å²) in [6.45, 7) is 4.80. The normalized spacial score (nSPS) is 18.6. The van der Waals surface area contributed by atoms with Gasteiger partial charge in [0.1, 0.15) is 6.26 Å². The van der Waals surface area contributed by atoms with Crippen LogP contribution >= 0.6 is 0 Å². The van der Waals surface area contributed by atoms with Crippen LogP contribution in [0.2, 0.25) is 0 Å². The summed E-state index contributed by atoms with van der Waals surface area (Å²) in [6.07, 6.45) is 6.85. The van der Waals surface area contributed by atoms with Gasteiger partial charge >= 0.3 is 0 Å². The number of aromatic nitrogens is 1. The number of nitrogens with zero attached hydrogens (tertiary/aromatic N) is 1. The summed E-state index contributed by atoms with van der Waals surface area (Å²) in [4.78, 5) is 4.59. The zero-order valence-electron chi connectivity index (χ0n) is 9.62. The molecule has 0 spiro atoms. The second kappa shape index (κ2) is 3.97. The lowest BCUT2D eigenvalue weighted by atomic mass is 9.90. The van der Waals surface area contributed by atoms with E-state index in [0.717, 1.165) is 11.6 Å².